The molecule has 0 bridgehead atoms. The highest BCUT2D eigenvalue weighted by Gasteiger charge is 2.51. The summed E-state index contributed by atoms with van der Waals surface area (Å²) in [6.07, 6.45) is 3.22. The molecule has 3 rings (SSSR count). The van der Waals surface area contributed by atoms with Crippen LogP contribution in [0, 0.1) is 5.41 Å². The Morgan fingerprint density at radius 1 is 1.17 bits per heavy atom. The van der Waals surface area contributed by atoms with Crippen LogP contribution in [0.1, 0.15) is 42.3 Å². The molecule has 0 saturated carbocycles. The number of hydrogen-bond donors (Lipinski definition) is 2. The van der Waals surface area contributed by atoms with E-state index in [4.69, 9.17) is 4.74 Å². The molecule has 1 atom stereocenters. The molecular weight excluding hydrogens is 308 g/mol. The first-order valence-electron chi connectivity index (χ1n) is 7.73. The second-order valence-electron chi connectivity index (χ2n) is 6.95. The lowest BCUT2D eigenvalue weighted by molar-refractivity contribution is -0.121. The molecule has 1 aromatic carbocycles. The number of fused-ring (bicyclic) bond motifs is 3. The van der Waals surface area contributed by atoms with Crippen LogP contribution in [0.2, 0.25) is 0 Å². The van der Waals surface area contributed by atoms with Crippen LogP contribution in [0.5, 0.6) is 5.75 Å². The number of ether oxygens (including phenoxy) is 1. The Kier molecular flexibility index (Phi) is 3.46. The van der Waals surface area contributed by atoms with Gasteiger partial charge in [-0.15, -0.1) is 0 Å². The summed E-state index contributed by atoms with van der Waals surface area (Å²) < 4.78 is 5.32. The van der Waals surface area contributed by atoms with Crippen LogP contribution in [-0.2, 0) is 16.8 Å². The van der Waals surface area contributed by atoms with Crippen molar-refractivity contribution in [3.05, 3.63) is 52.3 Å². The Labute approximate surface area is 140 Å². The minimum absolute atomic E-state index is 0.156. The van der Waals surface area contributed by atoms with Crippen molar-refractivity contribution in [3.8, 4) is 5.75 Å². The first-order valence-corrected chi connectivity index (χ1v) is 7.73. The maximum Gasteiger partial charge on any atom is 0.227 e. The Hall–Kier alpha value is -2.40. The third-order valence-electron chi connectivity index (χ3n) is 5.18. The van der Waals surface area contributed by atoms with E-state index >= 15 is 0 Å². The van der Waals surface area contributed by atoms with Gasteiger partial charge in [-0.1, -0.05) is 6.08 Å². The highest BCUT2D eigenvalue weighted by atomic mass is 16.5. The van der Waals surface area contributed by atoms with E-state index in [0.717, 1.165) is 0 Å². The molecule has 24 heavy (non-hydrogen) atoms. The molecule has 0 saturated heterocycles. The molecule has 2 aliphatic carbocycles. The summed E-state index contributed by atoms with van der Waals surface area (Å²) in [7, 11) is 1.49. The molecular formula is C19H20O5. The molecule has 0 amide bonds. The van der Waals surface area contributed by atoms with Gasteiger partial charge in [-0.05, 0) is 44.5 Å². The molecule has 0 aliphatic heterocycles. The molecule has 0 fully saturated rings. The average Bonchev–Trinajstić information content (AvgIpc) is 2.55. The van der Waals surface area contributed by atoms with Gasteiger partial charge in [0.25, 0.3) is 0 Å². The van der Waals surface area contributed by atoms with Gasteiger partial charge in [0, 0.05) is 22.1 Å². The summed E-state index contributed by atoms with van der Waals surface area (Å²) >= 11 is 0. The van der Waals surface area contributed by atoms with E-state index in [1.165, 1.54) is 13.2 Å². The monoisotopic (exact) mass is 328 g/mol. The molecule has 2 N–H and O–H groups in total. The summed E-state index contributed by atoms with van der Waals surface area (Å²) in [6.45, 7) is 5.00. The Morgan fingerprint density at radius 3 is 2.42 bits per heavy atom. The number of hydrogen-bond acceptors (Lipinski definition) is 5. The van der Waals surface area contributed by atoms with Crippen molar-refractivity contribution in [2.75, 3.05) is 7.11 Å². The molecule has 5 nitrogen and oxygen atoms in total. The summed E-state index contributed by atoms with van der Waals surface area (Å²) in [5.74, 6) is -0.612. The molecule has 2 aliphatic rings. The van der Waals surface area contributed by atoms with E-state index in [0.29, 0.717) is 28.0 Å². The predicted octanol–water partition coefficient (Wildman–Crippen LogP) is 2.62. The largest absolute Gasteiger partial charge is 0.504 e. The minimum Gasteiger partial charge on any atom is -0.504 e. The van der Waals surface area contributed by atoms with E-state index in [1.54, 1.807) is 32.1 Å². The lowest BCUT2D eigenvalue weighted by Crippen LogP contribution is -2.45. The van der Waals surface area contributed by atoms with E-state index in [9.17, 15) is 19.8 Å². The van der Waals surface area contributed by atoms with Gasteiger partial charge in [0.1, 0.15) is 5.75 Å². The number of benzene rings is 1. The van der Waals surface area contributed by atoms with E-state index in [2.05, 4.69) is 0 Å². The minimum atomic E-state index is -0.982. The summed E-state index contributed by atoms with van der Waals surface area (Å²) in [5, 5.41) is 20.1. The molecule has 0 heterocycles. The fraction of sp³-hybridized carbons (Fsp3) is 0.368. The van der Waals surface area contributed by atoms with Gasteiger partial charge < -0.3 is 14.9 Å². The Bertz CT molecular complexity index is 828. The molecule has 126 valence electrons. The predicted molar refractivity (Wildman–Crippen MR) is 88.2 cm³/mol. The maximum absolute atomic E-state index is 12.7. The summed E-state index contributed by atoms with van der Waals surface area (Å²) in [5.41, 5.74) is 0.0680. The van der Waals surface area contributed by atoms with Gasteiger partial charge in [0.15, 0.2) is 11.5 Å². The van der Waals surface area contributed by atoms with Crippen LogP contribution in [0.15, 0.2) is 35.6 Å². The standard InChI is InChI=1S/C19H20O5/c1-18(2)14(21)5-6-19(3)12-8-13(24-4)10(9-20)7-11(12)15(22)16(23)17(18)19/h5-8,20,23H,9H2,1-4H3. The van der Waals surface area contributed by atoms with Crippen molar-refractivity contribution in [3.63, 3.8) is 0 Å². The van der Waals surface area contributed by atoms with Crippen LogP contribution < -0.4 is 4.74 Å². The van der Waals surface area contributed by atoms with Crippen LogP contribution >= 0.6 is 0 Å². The van der Waals surface area contributed by atoms with Gasteiger partial charge in [0.2, 0.25) is 5.78 Å². The zero-order valence-corrected chi connectivity index (χ0v) is 14.1. The number of ketones is 2. The van der Waals surface area contributed by atoms with Crippen LogP contribution in [0.4, 0.5) is 0 Å². The molecule has 0 spiro atoms. The van der Waals surface area contributed by atoms with Gasteiger partial charge in [-0.3, -0.25) is 9.59 Å². The average molecular weight is 328 g/mol. The molecule has 0 radical (unpaired) electrons. The Morgan fingerprint density at radius 2 is 1.83 bits per heavy atom. The zero-order valence-electron chi connectivity index (χ0n) is 14.1. The number of aliphatic hydroxyl groups is 2. The zero-order chi connectivity index (χ0) is 17.9. The quantitative estimate of drug-likeness (QED) is 0.872. The lowest BCUT2D eigenvalue weighted by atomic mass is 9.57. The first-order chi connectivity index (χ1) is 11.2. The van der Waals surface area contributed by atoms with Crippen molar-refractivity contribution in [1.82, 2.24) is 0 Å². The number of carbonyl (C=O) groups is 2. The van der Waals surface area contributed by atoms with Crippen molar-refractivity contribution in [1.29, 1.82) is 0 Å². The number of methoxy groups -OCH3 is 1. The second kappa shape index (κ2) is 5.05. The van der Waals surface area contributed by atoms with Crippen molar-refractivity contribution in [2.24, 2.45) is 5.41 Å². The van der Waals surface area contributed by atoms with Crippen LogP contribution in [-0.4, -0.2) is 28.9 Å². The molecule has 5 heteroatoms. The van der Waals surface area contributed by atoms with Crippen molar-refractivity contribution < 1.29 is 24.5 Å². The van der Waals surface area contributed by atoms with Gasteiger partial charge >= 0.3 is 0 Å². The SMILES string of the molecule is COc1cc2c(cc1CO)C(=O)C(O)=C1C(C)(C)C(=O)C=CC12C. The van der Waals surface area contributed by atoms with Crippen LogP contribution in [0.25, 0.3) is 0 Å². The number of aliphatic hydroxyl groups excluding tert-OH is 2. The number of rotatable bonds is 2. The van der Waals surface area contributed by atoms with Crippen LogP contribution in [0.3, 0.4) is 0 Å². The third kappa shape index (κ3) is 1.91. The van der Waals surface area contributed by atoms with Crippen molar-refractivity contribution >= 4 is 11.6 Å². The number of carbonyl (C=O) groups excluding carboxylic acids is 2. The molecule has 1 aromatic rings. The lowest BCUT2D eigenvalue weighted by Gasteiger charge is -2.44. The normalized spacial score (nSPS) is 24.7. The Balaban J connectivity index is 2.40. The molecule has 1 unspecified atom stereocenters. The highest BCUT2D eigenvalue weighted by molar-refractivity contribution is 6.13. The van der Waals surface area contributed by atoms with Gasteiger partial charge in [-0.2, -0.15) is 0 Å². The third-order valence-corrected chi connectivity index (χ3v) is 5.18. The molecule has 0 aromatic heterocycles. The maximum atomic E-state index is 12.7. The fourth-order valence-corrected chi connectivity index (χ4v) is 3.87. The summed E-state index contributed by atoms with van der Waals surface area (Å²) in [4.78, 5) is 25.0. The number of Topliss-reactive ketones (excluding diaryl/α,β-unsaturated/α-hetero) is 1. The smallest absolute Gasteiger partial charge is 0.227 e. The van der Waals surface area contributed by atoms with E-state index in [-0.39, 0.29) is 18.1 Å². The first kappa shape index (κ1) is 16.5. The topological polar surface area (TPSA) is 83.8 Å². The highest BCUT2D eigenvalue weighted by Crippen LogP contribution is 2.52. The second-order valence-corrected chi connectivity index (χ2v) is 6.95. The summed E-state index contributed by atoms with van der Waals surface area (Å²) in [6, 6.07) is 3.26. The van der Waals surface area contributed by atoms with Gasteiger partial charge in [0.05, 0.1) is 19.1 Å². The van der Waals surface area contributed by atoms with Crippen molar-refractivity contribution in [2.45, 2.75) is 32.8 Å². The van der Waals surface area contributed by atoms with E-state index < -0.39 is 16.6 Å². The van der Waals surface area contributed by atoms with E-state index in [1.807, 2.05) is 6.92 Å². The fourth-order valence-electron chi connectivity index (χ4n) is 3.87. The number of allylic oxidation sites excluding steroid dienone is 4. The van der Waals surface area contributed by atoms with Gasteiger partial charge in [-0.25, -0.2) is 0 Å².